The zero-order chi connectivity index (χ0) is 14.5. The van der Waals surface area contributed by atoms with E-state index in [0.29, 0.717) is 16.6 Å². The van der Waals surface area contributed by atoms with Crippen LogP contribution in [0.25, 0.3) is 0 Å². The first-order valence-electron chi connectivity index (χ1n) is 5.90. The fourth-order valence-corrected chi connectivity index (χ4v) is 3.03. The topological polar surface area (TPSA) is 38.3 Å². The molecule has 0 bridgehead atoms. The number of rotatable bonds is 5. The minimum atomic E-state index is -0.642. The second kappa shape index (κ2) is 6.97. The van der Waals surface area contributed by atoms with Crippen LogP contribution in [-0.2, 0) is 16.1 Å². The molecule has 0 aliphatic carbocycles. The molecule has 1 aromatic heterocycles. The lowest BCUT2D eigenvalue weighted by Gasteiger charge is -2.18. The van der Waals surface area contributed by atoms with Gasteiger partial charge in [-0.3, -0.25) is 5.32 Å². The molecular formula is C14H13BrFNO2S. The summed E-state index contributed by atoms with van der Waals surface area (Å²) in [5.41, 5.74) is 0.648. The zero-order valence-corrected chi connectivity index (χ0v) is 13.1. The largest absolute Gasteiger partial charge is 0.468 e. The van der Waals surface area contributed by atoms with Crippen LogP contribution < -0.4 is 5.32 Å². The van der Waals surface area contributed by atoms with E-state index in [4.69, 9.17) is 4.74 Å². The van der Waals surface area contributed by atoms with Gasteiger partial charge in [0.25, 0.3) is 0 Å². The van der Waals surface area contributed by atoms with Crippen molar-refractivity contribution in [3.63, 3.8) is 0 Å². The fourth-order valence-electron chi connectivity index (χ4n) is 1.79. The summed E-state index contributed by atoms with van der Waals surface area (Å²) in [6.45, 7) is 0.543. The smallest absolute Gasteiger partial charge is 0.327 e. The highest BCUT2D eigenvalue weighted by Crippen LogP contribution is 2.26. The average Bonchev–Trinajstić information content (AvgIpc) is 2.93. The molecule has 106 valence electrons. The monoisotopic (exact) mass is 357 g/mol. The number of carbonyl (C=O) groups excluding carboxylic acids is 1. The third-order valence-corrected chi connectivity index (χ3v) is 4.33. The van der Waals surface area contributed by atoms with Gasteiger partial charge in [0.05, 0.1) is 7.11 Å². The Bertz CT molecular complexity index is 589. The van der Waals surface area contributed by atoms with Crippen LogP contribution in [0.4, 0.5) is 4.39 Å². The van der Waals surface area contributed by atoms with Crippen molar-refractivity contribution < 1.29 is 13.9 Å². The summed E-state index contributed by atoms with van der Waals surface area (Å²) >= 11 is 4.88. The van der Waals surface area contributed by atoms with Crippen molar-refractivity contribution in [1.29, 1.82) is 0 Å². The maximum atomic E-state index is 13.1. The highest BCUT2D eigenvalue weighted by molar-refractivity contribution is 9.10. The fraction of sp³-hybridized carbons (Fsp3) is 0.214. The second-order valence-electron chi connectivity index (χ2n) is 4.08. The molecule has 3 nitrogen and oxygen atoms in total. The summed E-state index contributed by atoms with van der Waals surface area (Å²) in [6.07, 6.45) is 0. The van der Waals surface area contributed by atoms with E-state index in [2.05, 4.69) is 21.2 Å². The van der Waals surface area contributed by atoms with Crippen LogP contribution in [0.15, 0.2) is 40.2 Å². The van der Waals surface area contributed by atoms with Crippen LogP contribution in [-0.4, -0.2) is 13.1 Å². The van der Waals surface area contributed by atoms with Gasteiger partial charge in [0.2, 0.25) is 0 Å². The minimum absolute atomic E-state index is 0.359. The molecule has 1 atom stereocenters. The number of hydrogen-bond donors (Lipinski definition) is 1. The van der Waals surface area contributed by atoms with Gasteiger partial charge in [0.15, 0.2) is 0 Å². The molecule has 1 N–H and O–H groups in total. The summed E-state index contributed by atoms with van der Waals surface area (Å²) in [4.78, 5) is 13.0. The second-order valence-corrected chi connectivity index (χ2v) is 5.97. The Morgan fingerprint density at radius 1 is 1.50 bits per heavy atom. The predicted molar refractivity (Wildman–Crippen MR) is 80.0 cm³/mol. The normalized spacial score (nSPS) is 12.2. The molecule has 2 rings (SSSR count). The molecule has 20 heavy (non-hydrogen) atoms. The molecule has 1 aromatic carbocycles. The van der Waals surface area contributed by atoms with Gasteiger partial charge in [-0.2, -0.15) is 0 Å². The Morgan fingerprint density at radius 2 is 2.30 bits per heavy atom. The molecule has 0 radical (unpaired) electrons. The number of ether oxygens (including phenoxy) is 1. The highest BCUT2D eigenvalue weighted by Gasteiger charge is 2.23. The Labute approximate surface area is 128 Å². The van der Waals surface area contributed by atoms with Gasteiger partial charge >= 0.3 is 5.97 Å². The van der Waals surface area contributed by atoms with Crippen molar-refractivity contribution in [3.05, 3.63) is 56.4 Å². The third-order valence-electron chi connectivity index (χ3n) is 2.77. The number of benzene rings is 1. The lowest BCUT2D eigenvalue weighted by atomic mass is 10.1. The first-order chi connectivity index (χ1) is 9.61. The summed E-state index contributed by atoms with van der Waals surface area (Å²) in [6, 6.07) is 7.51. The molecule has 0 aliphatic heterocycles. The molecule has 1 heterocycles. The van der Waals surface area contributed by atoms with E-state index in [1.165, 1.54) is 19.2 Å². The van der Waals surface area contributed by atoms with Crippen molar-refractivity contribution in [2.75, 3.05) is 7.11 Å². The van der Waals surface area contributed by atoms with E-state index in [0.717, 1.165) is 4.88 Å². The molecule has 2 aromatic rings. The molecule has 0 amide bonds. The van der Waals surface area contributed by atoms with E-state index < -0.39 is 12.0 Å². The van der Waals surface area contributed by atoms with E-state index in [1.54, 1.807) is 17.4 Å². The van der Waals surface area contributed by atoms with Crippen molar-refractivity contribution in [2.24, 2.45) is 0 Å². The quantitative estimate of drug-likeness (QED) is 0.830. The van der Waals surface area contributed by atoms with Gasteiger partial charge in [0, 0.05) is 15.9 Å². The van der Waals surface area contributed by atoms with Gasteiger partial charge in [0.1, 0.15) is 11.9 Å². The lowest BCUT2D eigenvalue weighted by Crippen LogP contribution is -2.29. The molecule has 0 spiro atoms. The Hall–Kier alpha value is -1.24. The van der Waals surface area contributed by atoms with Crippen LogP contribution in [0.3, 0.4) is 0 Å². The molecule has 6 heteroatoms. The van der Waals surface area contributed by atoms with Gasteiger partial charge in [-0.15, -0.1) is 11.3 Å². The van der Waals surface area contributed by atoms with Crippen LogP contribution >= 0.6 is 27.3 Å². The Morgan fingerprint density at radius 3 is 2.90 bits per heavy atom. The standard InChI is InChI=1S/C14H13BrFNO2S/c1-19-14(18)13(17-8-10-3-2-6-20-10)11-5-4-9(16)7-12(11)15/h2-7,13,17H,8H2,1H3. The lowest BCUT2D eigenvalue weighted by molar-refractivity contribution is -0.143. The van der Waals surface area contributed by atoms with Gasteiger partial charge in [-0.25, -0.2) is 9.18 Å². The summed E-state index contributed by atoms with van der Waals surface area (Å²) < 4.78 is 18.5. The number of hydrogen-bond acceptors (Lipinski definition) is 4. The Kier molecular flexibility index (Phi) is 5.28. The van der Waals surface area contributed by atoms with Crippen molar-refractivity contribution >= 4 is 33.2 Å². The number of methoxy groups -OCH3 is 1. The SMILES string of the molecule is COC(=O)C(NCc1cccs1)c1ccc(F)cc1Br. The molecule has 1 unspecified atom stereocenters. The number of carbonyl (C=O) groups is 1. The number of thiophene rings is 1. The van der Waals surface area contributed by atoms with Gasteiger partial charge < -0.3 is 4.74 Å². The van der Waals surface area contributed by atoms with Crippen molar-refractivity contribution in [3.8, 4) is 0 Å². The molecule has 0 saturated heterocycles. The summed E-state index contributed by atoms with van der Waals surface area (Å²) in [5.74, 6) is -0.767. The van der Waals surface area contributed by atoms with E-state index >= 15 is 0 Å². The molecule has 0 fully saturated rings. The van der Waals surface area contributed by atoms with Gasteiger partial charge in [-0.05, 0) is 29.1 Å². The predicted octanol–water partition coefficient (Wildman–Crippen LogP) is 3.65. The number of nitrogens with one attached hydrogen (secondary N) is 1. The van der Waals surface area contributed by atoms with Crippen LogP contribution in [0.1, 0.15) is 16.5 Å². The maximum absolute atomic E-state index is 13.1. The minimum Gasteiger partial charge on any atom is -0.468 e. The first kappa shape index (κ1) is 15.2. The molecule has 0 saturated carbocycles. The van der Waals surface area contributed by atoms with Crippen molar-refractivity contribution in [2.45, 2.75) is 12.6 Å². The number of esters is 1. The van der Waals surface area contributed by atoms with E-state index in [-0.39, 0.29) is 5.82 Å². The average molecular weight is 358 g/mol. The van der Waals surface area contributed by atoms with Crippen molar-refractivity contribution in [1.82, 2.24) is 5.32 Å². The first-order valence-corrected chi connectivity index (χ1v) is 7.57. The highest BCUT2D eigenvalue weighted by atomic mass is 79.9. The van der Waals surface area contributed by atoms with Crippen LogP contribution in [0.2, 0.25) is 0 Å². The van der Waals surface area contributed by atoms with Gasteiger partial charge in [-0.1, -0.05) is 28.1 Å². The van der Waals surface area contributed by atoms with Crippen LogP contribution in [0.5, 0.6) is 0 Å². The molecular weight excluding hydrogens is 345 g/mol. The summed E-state index contributed by atoms with van der Waals surface area (Å²) in [7, 11) is 1.33. The van der Waals surface area contributed by atoms with Crippen LogP contribution in [0, 0.1) is 5.82 Å². The Balaban J connectivity index is 2.20. The van der Waals surface area contributed by atoms with E-state index in [9.17, 15) is 9.18 Å². The number of halogens is 2. The molecule has 0 aliphatic rings. The third kappa shape index (κ3) is 3.65. The van der Waals surface area contributed by atoms with E-state index in [1.807, 2.05) is 17.5 Å². The maximum Gasteiger partial charge on any atom is 0.327 e. The zero-order valence-electron chi connectivity index (χ0n) is 10.7. The summed E-state index contributed by atoms with van der Waals surface area (Å²) in [5, 5.41) is 5.10.